The van der Waals surface area contributed by atoms with Gasteiger partial charge in [0.15, 0.2) is 0 Å². The molecule has 1 aromatic rings. The Bertz CT molecular complexity index is 322. The highest BCUT2D eigenvalue weighted by molar-refractivity contribution is 5.27. The highest BCUT2D eigenvalue weighted by Gasteiger charge is 2.06. The zero-order valence-electron chi connectivity index (χ0n) is 12.1. The quantitative estimate of drug-likeness (QED) is 0.765. The van der Waals surface area contributed by atoms with Crippen LogP contribution in [0, 0.1) is 0 Å². The average Bonchev–Trinajstić information content (AvgIpc) is 2.39. The molecule has 1 rings (SSSR count). The Morgan fingerprint density at radius 3 is 2.33 bits per heavy atom. The van der Waals surface area contributed by atoms with Gasteiger partial charge in [0.1, 0.15) is 5.75 Å². The first kappa shape index (κ1) is 15.0. The van der Waals surface area contributed by atoms with E-state index >= 15 is 0 Å². The highest BCUT2D eigenvalue weighted by atomic mass is 16.5. The number of benzene rings is 1. The SMILES string of the molecule is CNC(CCc1ccc(OC)cc1)CCN(C)C. The molecule has 18 heavy (non-hydrogen) atoms. The van der Waals surface area contributed by atoms with Crippen LogP contribution in [0.15, 0.2) is 24.3 Å². The van der Waals surface area contributed by atoms with Gasteiger partial charge in [-0.25, -0.2) is 0 Å². The Labute approximate surface area is 111 Å². The summed E-state index contributed by atoms with van der Waals surface area (Å²) in [6.45, 7) is 1.13. The topological polar surface area (TPSA) is 24.5 Å². The summed E-state index contributed by atoms with van der Waals surface area (Å²) in [5, 5.41) is 3.40. The van der Waals surface area contributed by atoms with Crippen LogP contribution in [0.5, 0.6) is 5.75 Å². The third-order valence-electron chi connectivity index (χ3n) is 3.27. The van der Waals surface area contributed by atoms with E-state index in [1.807, 2.05) is 19.2 Å². The lowest BCUT2D eigenvalue weighted by Crippen LogP contribution is -2.30. The van der Waals surface area contributed by atoms with Crippen LogP contribution in [0.2, 0.25) is 0 Å². The number of hydrogen-bond donors (Lipinski definition) is 1. The van der Waals surface area contributed by atoms with Gasteiger partial charge in [0.25, 0.3) is 0 Å². The molecule has 1 unspecified atom stereocenters. The molecule has 0 heterocycles. The van der Waals surface area contributed by atoms with E-state index in [1.54, 1.807) is 7.11 Å². The number of aryl methyl sites for hydroxylation is 1. The van der Waals surface area contributed by atoms with Gasteiger partial charge in [-0.1, -0.05) is 12.1 Å². The molecule has 102 valence electrons. The minimum Gasteiger partial charge on any atom is -0.497 e. The van der Waals surface area contributed by atoms with Gasteiger partial charge in [0.2, 0.25) is 0 Å². The summed E-state index contributed by atoms with van der Waals surface area (Å²) in [5.41, 5.74) is 1.38. The van der Waals surface area contributed by atoms with Crippen LogP contribution >= 0.6 is 0 Å². The molecule has 1 N–H and O–H groups in total. The molecule has 0 aliphatic carbocycles. The summed E-state index contributed by atoms with van der Waals surface area (Å²) >= 11 is 0. The molecule has 0 saturated carbocycles. The number of rotatable bonds is 8. The molecular formula is C15H26N2O. The Morgan fingerprint density at radius 1 is 1.17 bits per heavy atom. The lowest BCUT2D eigenvalue weighted by molar-refractivity contribution is 0.357. The number of ether oxygens (including phenoxy) is 1. The van der Waals surface area contributed by atoms with Crippen molar-refractivity contribution in [3.63, 3.8) is 0 Å². The molecule has 3 nitrogen and oxygen atoms in total. The van der Waals surface area contributed by atoms with Crippen molar-refractivity contribution in [3.05, 3.63) is 29.8 Å². The summed E-state index contributed by atoms with van der Waals surface area (Å²) in [6.07, 6.45) is 3.49. The van der Waals surface area contributed by atoms with Gasteiger partial charge in [-0.05, 0) is 64.6 Å². The predicted molar refractivity (Wildman–Crippen MR) is 77.3 cm³/mol. The maximum Gasteiger partial charge on any atom is 0.118 e. The maximum atomic E-state index is 5.16. The molecule has 1 atom stereocenters. The van der Waals surface area contributed by atoms with E-state index in [9.17, 15) is 0 Å². The molecule has 0 saturated heterocycles. The molecule has 3 heteroatoms. The van der Waals surface area contributed by atoms with E-state index in [2.05, 4.69) is 36.4 Å². The van der Waals surface area contributed by atoms with Gasteiger partial charge in [-0.3, -0.25) is 0 Å². The van der Waals surface area contributed by atoms with Crippen LogP contribution in [0.1, 0.15) is 18.4 Å². The maximum absolute atomic E-state index is 5.16. The van der Waals surface area contributed by atoms with Crippen molar-refractivity contribution in [2.24, 2.45) is 0 Å². The number of methoxy groups -OCH3 is 1. The van der Waals surface area contributed by atoms with E-state index in [0.29, 0.717) is 6.04 Å². The molecule has 0 fully saturated rings. The zero-order chi connectivity index (χ0) is 13.4. The summed E-state index contributed by atoms with van der Waals surface area (Å²) in [7, 11) is 7.99. The third-order valence-corrected chi connectivity index (χ3v) is 3.27. The molecule has 0 bridgehead atoms. The van der Waals surface area contributed by atoms with Gasteiger partial charge in [-0.2, -0.15) is 0 Å². The monoisotopic (exact) mass is 250 g/mol. The summed E-state index contributed by atoms with van der Waals surface area (Å²) in [5.74, 6) is 0.927. The Balaban J connectivity index is 2.36. The number of nitrogens with one attached hydrogen (secondary N) is 1. The lowest BCUT2D eigenvalue weighted by atomic mass is 10.0. The van der Waals surface area contributed by atoms with E-state index in [1.165, 1.54) is 18.4 Å². The summed E-state index contributed by atoms with van der Waals surface area (Å²) in [6, 6.07) is 8.96. The highest BCUT2D eigenvalue weighted by Crippen LogP contribution is 2.13. The summed E-state index contributed by atoms with van der Waals surface area (Å²) in [4.78, 5) is 2.23. The molecule has 0 aromatic heterocycles. The average molecular weight is 250 g/mol. The molecule has 0 amide bonds. The van der Waals surface area contributed by atoms with Gasteiger partial charge < -0.3 is 15.0 Å². The fraction of sp³-hybridized carbons (Fsp3) is 0.600. The Kier molecular flexibility index (Phi) is 6.76. The Morgan fingerprint density at radius 2 is 1.83 bits per heavy atom. The van der Waals surface area contributed by atoms with Crippen molar-refractivity contribution in [2.45, 2.75) is 25.3 Å². The second-order valence-electron chi connectivity index (χ2n) is 4.96. The number of hydrogen-bond acceptors (Lipinski definition) is 3. The summed E-state index contributed by atoms with van der Waals surface area (Å²) < 4.78 is 5.16. The minimum atomic E-state index is 0.592. The van der Waals surface area contributed by atoms with Gasteiger partial charge in [0.05, 0.1) is 7.11 Å². The van der Waals surface area contributed by atoms with Gasteiger partial charge in [-0.15, -0.1) is 0 Å². The lowest BCUT2D eigenvalue weighted by Gasteiger charge is -2.18. The third kappa shape index (κ3) is 5.52. The molecule has 0 aliphatic heterocycles. The second-order valence-corrected chi connectivity index (χ2v) is 4.96. The number of nitrogens with zero attached hydrogens (tertiary/aromatic N) is 1. The van der Waals surface area contributed by atoms with Crippen LogP contribution in [0.4, 0.5) is 0 Å². The molecule has 0 radical (unpaired) electrons. The van der Waals surface area contributed by atoms with E-state index in [0.717, 1.165) is 18.7 Å². The van der Waals surface area contributed by atoms with Crippen molar-refractivity contribution in [1.82, 2.24) is 10.2 Å². The first-order valence-electron chi connectivity index (χ1n) is 6.60. The second kappa shape index (κ2) is 8.11. The van der Waals surface area contributed by atoms with Crippen molar-refractivity contribution in [3.8, 4) is 5.75 Å². The fourth-order valence-electron chi connectivity index (χ4n) is 1.98. The van der Waals surface area contributed by atoms with Crippen molar-refractivity contribution in [2.75, 3.05) is 34.8 Å². The van der Waals surface area contributed by atoms with Crippen LogP contribution in [-0.2, 0) is 6.42 Å². The molecule has 0 spiro atoms. The first-order chi connectivity index (χ1) is 8.65. The smallest absolute Gasteiger partial charge is 0.118 e. The first-order valence-corrected chi connectivity index (χ1v) is 6.60. The van der Waals surface area contributed by atoms with Crippen LogP contribution in [-0.4, -0.2) is 45.7 Å². The van der Waals surface area contributed by atoms with Gasteiger partial charge in [0, 0.05) is 6.04 Å². The van der Waals surface area contributed by atoms with Crippen molar-refractivity contribution >= 4 is 0 Å². The van der Waals surface area contributed by atoms with E-state index in [4.69, 9.17) is 4.74 Å². The fourth-order valence-corrected chi connectivity index (χ4v) is 1.98. The van der Waals surface area contributed by atoms with E-state index < -0.39 is 0 Å². The Hall–Kier alpha value is -1.06. The van der Waals surface area contributed by atoms with Crippen molar-refractivity contribution in [1.29, 1.82) is 0 Å². The molecular weight excluding hydrogens is 224 g/mol. The molecule has 1 aromatic carbocycles. The van der Waals surface area contributed by atoms with Crippen LogP contribution in [0.3, 0.4) is 0 Å². The van der Waals surface area contributed by atoms with Gasteiger partial charge >= 0.3 is 0 Å². The van der Waals surface area contributed by atoms with Crippen molar-refractivity contribution < 1.29 is 4.74 Å². The zero-order valence-corrected chi connectivity index (χ0v) is 12.1. The minimum absolute atomic E-state index is 0.592. The predicted octanol–water partition coefficient (Wildman–Crippen LogP) is 2.17. The normalized spacial score (nSPS) is 12.7. The largest absolute Gasteiger partial charge is 0.497 e. The van der Waals surface area contributed by atoms with Crippen LogP contribution in [0.25, 0.3) is 0 Å². The standard InChI is InChI=1S/C15H26N2O/c1-16-14(11-12-17(2)3)8-5-13-6-9-15(18-4)10-7-13/h6-7,9-10,14,16H,5,8,11-12H2,1-4H3. The van der Waals surface area contributed by atoms with E-state index in [-0.39, 0.29) is 0 Å². The van der Waals surface area contributed by atoms with Crippen LogP contribution < -0.4 is 10.1 Å². The molecule has 0 aliphatic rings.